The number of thioether (sulfide) groups is 1. The lowest BCUT2D eigenvalue weighted by Gasteiger charge is -2.41. The zero-order chi connectivity index (χ0) is 24.5. The Morgan fingerprint density at radius 2 is 2.00 bits per heavy atom. The summed E-state index contributed by atoms with van der Waals surface area (Å²) in [5.41, 5.74) is 0.297. The molecule has 10 heteroatoms. The molecule has 178 valence electrons. The molecule has 2 saturated heterocycles. The summed E-state index contributed by atoms with van der Waals surface area (Å²) in [6.45, 7) is 0.519. The van der Waals surface area contributed by atoms with Crippen molar-refractivity contribution in [1.29, 1.82) is 0 Å². The number of benzene rings is 2. The first kappa shape index (κ1) is 22.7. The molecule has 4 heterocycles. The number of fused-ring (bicyclic) bond motifs is 3. The van der Waals surface area contributed by atoms with Gasteiger partial charge >= 0.3 is 0 Å². The number of hydrogen-bond acceptors (Lipinski definition) is 6. The van der Waals surface area contributed by atoms with Gasteiger partial charge in [-0.05, 0) is 55.1 Å². The molecule has 2 spiro atoms. The zero-order valence-electron chi connectivity index (χ0n) is 18.5. The first-order valence-corrected chi connectivity index (χ1v) is 12.5. The Morgan fingerprint density at radius 1 is 1.23 bits per heavy atom. The summed E-state index contributed by atoms with van der Waals surface area (Å²) in [6.07, 6.45) is 1.53. The zero-order valence-corrected chi connectivity index (χ0v) is 20.8. The molecule has 0 aliphatic carbocycles. The van der Waals surface area contributed by atoms with E-state index in [1.54, 1.807) is 31.3 Å². The van der Waals surface area contributed by atoms with Crippen LogP contribution in [0.2, 0.25) is 5.02 Å². The number of amides is 2. The van der Waals surface area contributed by atoms with E-state index in [1.165, 1.54) is 41.1 Å². The summed E-state index contributed by atoms with van der Waals surface area (Å²) >= 11 is 13.1. The maximum atomic E-state index is 14.6. The van der Waals surface area contributed by atoms with E-state index in [-0.39, 0.29) is 18.4 Å². The Labute approximate surface area is 215 Å². The van der Waals surface area contributed by atoms with Gasteiger partial charge in [0.25, 0.3) is 5.91 Å². The highest BCUT2D eigenvalue weighted by Gasteiger charge is 2.77. The van der Waals surface area contributed by atoms with Crippen LogP contribution in [-0.4, -0.2) is 44.3 Å². The van der Waals surface area contributed by atoms with Crippen LogP contribution in [0.15, 0.2) is 65.3 Å². The molecule has 0 radical (unpaired) electrons. The van der Waals surface area contributed by atoms with E-state index < -0.39 is 22.0 Å². The summed E-state index contributed by atoms with van der Waals surface area (Å²) in [6, 6.07) is 15.0. The van der Waals surface area contributed by atoms with Crippen LogP contribution in [0.1, 0.15) is 22.8 Å². The topological polar surface area (TPSA) is 65.8 Å². The van der Waals surface area contributed by atoms with Gasteiger partial charge in [0.15, 0.2) is 5.54 Å². The Kier molecular flexibility index (Phi) is 5.12. The fraction of sp³-hybridized carbons (Fsp3) is 0.240. The molecule has 3 atom stereocenters. The van der Waals surface area contributed by atoms with Crippen LogP contribution in [0.25, 0.3) is 0 Å². The minimum Gasteiger partial charge on any atom is -0.467 e. The smallest absolute Gasteiger partial charge is 0.251 e. The Bertz CT molecular complexity index is 1380. The Balaban J connectivity index is 1.60. The second-order valence-corrected chi connectivity index (χ2v) is 11.2. The molecule has 2 aromatic carbocycles. The number of thiocarbonyl (C=S) groups is 1. The lowest BCUT2D eigenvalue weighted by Crippen LogP contribution is -2.61. The standard InChI is InChI=1S/C25H19ClFN3O3S2/c1-29-13-19(14-4-6-15(26)7-5-14)25(22(32)30(23(34)35-25)12-17-3-2-10-33-17)24(29)18-11-16(27)8-9-20(18)28-21(24)31/h2-11,19H,12-13H2,1H3,(H,28,31)/t19-,24+,25+/m1/s1. The molecule has 3 aliphatic rings. The summed E-state index contributed by atoms with van der Waals surface area (Å²) in [7, 11) is 1.79. The number of hydrogen-bond donors (Lipinski definition) is 1. The van der Waals surface area contributed by atoms with Crippen LogP contribution in [0, 0.1) is 5.82 Å². The summed E-state index contributed by atoms with van der Waals surface area (Å²) in [4.78, 5) is 31.8. The first-order chi connectivity index (χ1) is 16.8. The molecule has 35 heavy (non-hydrogen) atoms. The predicted octanol–water partition coefficient (Wildman–Crippen LogP) is 4.75. The van der Waals surface area contributed by atoms with Crippen LogP contribution in [-0.2, 0) is 21.7 Å². The van der Waals surface area contributed by atoms with E-state index in [0.717, 1.165) is 5.56 Å². The average molecular weight is 528 g/mol. The van der Waals surface area contributed by atoms with Gasteiger partial charge in [0.2, 0.25) is 5.91 Å². The quantitative estimate of drug-likeness (QED) is 0.496. The number of anilines is 1. The van der Waals surface area contributed by atoms with Gasteiger partial charge in [-0.1, -0.05) is 47.7 Å². The lowest BCUT2D eigenvalue weighted by molar-refractivity contribution is -0.138. The third kappa shape index (κ3) is 2.95. The van der Waals surface area contributed by atoms with Crippen LogP contribution in [0.3, 0.4) is 0 Å². The van der Waals surface area contributed by atoms with Crippen molar-refractivity contribution in [1.82, 2.24) is 9.80 Å². The van der Waals surface area contributed by atoms with Gasteiger partial charge in [0.1, 0.15) is 20.6 Å². The third-order valence-corrected chi connectivity index (χ3v) is 9.40. The highest BCUT2D eigenvalue weighted by atomic mass is 35.5. The van der Waals surface area contributed by atoms with Crippen molar-refractivity contribution in [3.63, 3.8) is 0 Å². The fourth-order valence-corrected chi connectivity index (χ4v) is 8.04. The molecule has 6 nitrogen and oxygen atoms in total. The highest BCUT2D eigenvalue weighted by Crippen LogP contribution is 2.66. The van der Waals surface area contributed by atoms with E-state index >= 15 is 0 Å². The number of carbonyl (C=O) groups is 2. The van der Waals surface area contributed by atoms with Crippen LogP contribution >= 0.6 is 35.6 Å². The Hall–Kier alpha value is -2.72. The van der Waals surface area contributed by atoms with Crippen molar-refractivity contribution >= 4 is 57.4 Å². The van der Waals surface area contributed by atoms with Gasteiger partial charge in [0, 0.05) is 28.7 Å². The molecular formula is C25H19ClFN3O3S2. The monoisotopic (exact) mass is 527 g/mol. The van der Waals surface area contributed by atoms with Crippen molar-refractivity contribution in [2.75, 3.05) is 18.9 Å². The van der Waals surface area contributed by atoms with Gasteiger partial charge in [-0.25, -0.2) is 4.39 Å². The van der Waals surface area contributed by atoms with E-state index in [0.29, 0.717) is 32.9 Å². The van der Waals surface area contributed by atoms with Crippen LogP contribution in [0.4, 0.5) is 10.1 Å². The van der Waals surface area contributed by atoms with Crippen molar-refractivity contribution in [2.45, 2.75) is 22.7 Å². The summed E-state index contributed by atoms with van der Waals surface area (Å²) < 4.78 is 19.0. The molecule has 6 rings (SSSR count). The average Bonchev–Trinajstić information content (AvgIpc) is 3.56. The molecule has 2 fully saturated rings. The summed E-state index contributed by atoms with van der Waals surface area (Å²) in [5, 5.41) is 3.47. The predicted molar refractivity (Wildman–Crippen MR) is 136 cm³/mol. The molecule has 1 aromatic heterocycles. The number of halogens is 2. The maximum absolute atomic E-state index is 14.6. The van der Waals surface area contributed by atoms with Crippen molar-refractivity contribution in [3.05, 3.63) is 88.6 Å². The molecule has 3 aromatic rings. The molecule has 2 amide bonds. The number of carbonyl (C=O) groups excluding carboxylic acids is 2. The van der Waals surface area contributed by atoms with Gasteiger partial charge < -0.3 is 9.73 Å². The van der Waals surface area contributed by atoms with Gasteiger partial charge in [0.05, 0.1) is 12.8 Å². The van der Waals surface area contributed by atoms with Crippen LogP contribution < -0.4 is 5.32 Å². The number of likely N-dealkylation sites (N-methyl/N-ethyl adjacent to an activating group) is 1. The second kappa shape index (κ2) is 7.89. The molecular weight excluding hydrogens is 509 g/mol. The largest absolute Gasteiger partial charge is 0.467 e. The number of nitrogens with one attached hydrogen (secondary N) is 1. The summed E-state index contributed by atoms with van der Waals surface area (Å²) in [5.74, 6) is -1.02. The molecule has 3 aliphatic heterocycles. The molecule has 1 N–H and O–H groups in total. The van der Waals surface area contributed by atoms with Gasteiger partial charge in [-0.2, -0.15) is 0 Å². The lowest BCUT2D eigenvalue weighted by atomic mass is 9.72. The van der Waals surface area contributed by atoms with Gasteiger partial charge in [-0.15, -0.1) is 0 Å². The molecule has 0 saturated carbocycles. The first-order valence-electron chi connectivity index (χ1n) is 10.9. The Morgan fingerprint density at radius 3 is 2.71 bits per heavy atom. The third-order valence-electron chi connectivity index (χ3n) is 7.20. The van der Waals surface area contributed by atoms with Crippen molar-refractivity contribution < 1.29 is 18.4 Å². The number of likely N-dealkylation sites (tertiary alicyclic amines) is 1. The van der Waals surface area contributed by atoms with Crippen molar-refractivity contribution in [3.8, 4) is 0 Å². The highest BCUT2D eigenvalue weighted by molar-refractivity contribution is 8.25. The number of furan rings is 1. The minimum atomic E-state index is -1.47. The fourth-order valence-electron chi connectivity index (χ4n) is 5.78. The molecule has 0 unspecified atom stereocenters. The van der Waals surface area contributed by atoms with E-state index in [4.69, 9.17) is 28.2 Å². The number of rotatable bonds is 3. The van der Waals surface area contributed by atoms with Crippen LogP contribution in [0.5, 0.6) is 0 Å². The minimum absolute atomic E-state index is 0.143. The van der Waals surface area contributed by atoms with E-state index in [9.17, 15) is 14.0 Å². The van der Waals surface area contributed by atoms with E-state index in [2.05, 4.69) is 5.32 Å². The number of nitrogens with zero attached hydrogens (tertiary/aromatic N) is 2. The normalized spacial score (nSPS) is 27.9. The van der Waals surface area contributed by atoms with Crippen molar-refractivity contribution in [2.24, 2.45) is 0 Å². The maximum Gasteiger partial charge on any atom is 0.251 e. The second-order valence-electron chi connectivity index (χ2n) is 8.91. The van der Waals surface area contributed by atoms with E-state index in [1.807, 2.05) is 17.0 Å². The van der Waals surface area contributed by atoms with Gasteiger partial charge in [-0.3, -0.25) is 19.4 Å². The molecule has 0 bridgehead atoms. The SMILES string of the molecule is CN1C[C@H](c2ccc(Cl)cc2)[C@@]2(SC(=S)N(Cc3ccco3)C2=O)[C@]12C(=O)Nc1ccc(F)cc12.